The molecule has 0 spiro atoms. The van der Waals surface area contributed by atoms with E-state index in [0.29, 0.717) is 22.0 Å². The van der Waals surface area contributed by atoms with Crippen molar-refractivity contribution in [2.45, 2.75) is 19.3 Å². The van der Waals surface area contributed by atoms with E-state index in [1.807, 2.05) is 18.2 Å². The average molecular weight is 293 g/mol. The number of Topliss-reactive ketones (excluding diaryl/α,β-unsaturated/α-hetero) is 1. The number of rotatable bonds is 5. The van der Waals surface area contributed by atoms with E-state index in [2.05, 4.69) is 12.1 Å². The first-order valence-electron chi connectivity index (χ1n) is 6.19. The standard InChI is InChI=1S/C16H14Cl2O/c17-14-10-5-9-13(16(14)18)15(19)11-4-8-12-6-2-1-3-7-12/h1-3,5-7,9-10H,4,8,11H2. The largest absolute Gasteiger partial charge is 0.294 e. The topological polar surface area (TPSA) is 17.1 Å². The van der Waals surface area contributed by atoms with Crippen LogP contribution in [0.1, 0.15) is 28.8 Å². The number of halogens is 2. The summed E-state index contributed by atoms with van der Waals surface area (Å²) in [7, 11) is 0. The van der Waals surface area contributed by atoms with Crippen LogP contribution >= 0.6 is 23.2 Å². The molecule has 0 aromatic heterocycles. The second kappa shape index (κ2) is 6.74. The van der Waals surface area contributed by atoms with Crippen LogP contribution in [0.5, 0.6) is 0 Å². The van der Waals surface area contributed by atoms with E-state index in [1.165, 1.54) is 5.56 Å². The Morgan fingerprint density at radius 1 is 0.947 bits per heavy atom. The van der Waals surface area contributed by atoms with E-state index in [-0.39, 0.29) is 5.78 Å². The van der Waals surface area contributed by atoms with E-state index in [4.69, 9.17) is 23.2 Å². The Balaban J connectivity index is 1.93. The number of benzene rings is 2. The van der Waals surface area contributed by atoms with Gasteiger partial charge in [-0.2, -0.15) is 0 Å². The molecule has 0 aliphatic heterocycles. The molecule has 2 aromatic rings. The van der Waals surface area contributed by atoms with E-state index < -0.39 is 0 Å². The predicted molar refractivity (Wildman–Crippen MR) is 80.2 cm³/mol. The van der Waals surface area contributed by atoms with Gasteiger partial charge in [-0.15, -0.1) is 0 Å². The van der Waals surface area contributed by atoms with Gasteiger partial charge in [0.05, 0.1) is 10.0 Å². The van der Waals surface area contributed by atoms with Crippen molar-refractivity contribution in [3.05, 3.63) is 69.7 Å². The molecule has 3 heteroatoms. The molecular formula is C16H14Cl2O. The first kappa shape index (κ1) is 14.1. The van der Waals surface area contributed by atoms with E-state index in [1.54, 1.807) is 18.2 Å². The minimum atomic E-state index is 0.0448. The van der Waals surface area contributed by atoms with Crippen molar-refractivity contribution in [2.75, 3.05) is 0 Å². The number of aryl methyl sites for hydroxylation is 1. The quantitative estimate of drug-likeness (QED) is 0.692. The maximum absolute atomic E-state index is 12.1. The fourth-order valence-corrected chi connectivity index (χ4v) is 2.36. The first-order chi connectivity index (χ1) is 9.18. The number of hydrogen-bond donors (Lipinski definition) is 0. The fraction of sp³-hybridized carbons (Fsp3) is 0.188. The Morgan fingerprint density at radius 3 is 2.42 bits per heavy atom. The fourth-order valence-electron chi connectivity index (χ4n) is 1.95. The summed E-state index contributed by atoms with van der Waals surface area (Å²) in [6.07, 6.45) is 2.19. The van der Waals surface area contributed by atoms with Crippen molar-refractivity contribution in [1.82, 2.24) is 0 Å². The van der Waals surface area contributed by atoms with Gasteiger partial charge in [0.15, 0.2) is 5.78 Å². The third-order valence-electron chi connectivity index (χ3n) is 2.96. The van der Waals surface area contributed by atoms with Crippen LogP contribution in [-0.4, -0.2) is 5.78 Å². The molecule has 0 amide bonds. The van der Waals surface area contributed by atoms with Gasteiger partial charge in [-0.25, -0.2) is 0 Å². The summed E-state index contributed by atoms with van der Waals surface area (Å²) in [6.45, 7) is 0. The van der Waals surface area contributed by atoms with Gasteiger partial charge in [0.1, 0.15) is 0 Å². The number of carbonyl (C=O) groups excluding carboxylic acids is 1. The van der Waals surface area contributed by atoms with Crippen molar-refractivity contribution in [1.29, 1.82) is 0 Å². The van der Waals surface area contributed by atoms with E-state index in [9.17, 15) is 4.79 Å². The smallest absolute Gasteiger partial charge is 0.164 e. The van der Waals surface area contributed by atoms with Gasteiger partial charge in [-0.3, -0.25) is 4.79 Å². The van der Waals surface area contributed by atoms with Gasteiger partial charge >= 0.3 is 0 Å². The molecule has 0 aliphatic rings. The van der Waals surface area contributed by atoms with Gasteiger partial charge < -0.3 is 0 Å². The summed E-state index contributed by atoms with van der Waals surface area (Å²) in [5.74, 6) is 0.0448. The van der Waals surface area contributed by atoms with E-state index >= 15 is 0 Å². The second-order valence-corrected chi connectivity index (χ2v) is 5.15. The monoisotopic (exact) mass is 292 g/mol. The normalized spacial score (nSPS) is 10.4. The van der Waals surface area contributed by atoms with Crippen LogP contribution in [0.15, 0.2) is 48.5 Å². The molecule has 98 valence electrons. The highest BCUT2D eigenvalue weighted by Gasteiger charge is 2.12. The molecule has 0 bridgehead atoms. The Labute approximate surface area is 123 Å². The van der Waals surface area contributed by atoms with Crippen LogP contribution in [0.2, 0.25) is 10.0 Å². The Morgan fingerprint density at radius 2 is 1.68 bits per heavy atom. The minimum absolute atomic E-state index is 0.0448. The van der Waals surface area contributed by atoms with Gasteiger partial charge in [0, 0.05) is 12.0 Å². The number of ketones is 1. The molecular weight excluding hydrogens is 279 g/mol. The lowest BCUT2D eigenvalue weighted by Crippen LogP contribution is -2.01. The van der Waals surface area contributed by atoms with Crippen molar-refractivity contribution in [3.63, 3.8) is 0 Å². The predicted octanol–water partition coefficient (Wildman–Crippen LogP) is 5.20. The lowest BCUT2D eigenvalue weighted by Gasteiger charge is -2.05. The summed E-state index contributed by atoms with van der Waals surface area (Å²) >= 11 is 11.9. The zero-order chi connectivity index (χ0) is 13.7. The van der Waals surface area contributed by atoms with Crippen LogP contribution in [0, 0.1) is 0 Å². The maximum atomic E-state index is 12.1. The van der Waals surface area contributed by atoms with Crippen LogP contribution in [-0.2, 0) is 6.42 Å². The molecule has 0 N–H and O–H groups in total. The molecule has 0 atom stereocenters. The minimum Gasteiger partial charge on any atom is -0.294 e. The molecule has 2 aromatic carbocycles. The molecule has 0 fully saturated rings. The summed E-state index contributed by atoms with van der Waals surface area (Å²) in [6, 6.07) is 15.3. The van der Waals surface area contributed by atoms with E-state index in [0.717, 1.165) is 12.8 Å². The molecule has 0 heterocycles. The van der Waals surface area contributed by atoms with Crippen molar-refractivity contribution < 1.29 is 4.79 Å². The molecule has 1 nitrogen and oxygen atoms in total. The molecule has 2 rings (SSSR count). The molecule has 0 unspecified atom stereocenters. The van der Waals surface area contributed by atoms with Crippen LogP contribution in [0.3, 0.4) is 0 Å². The molecule has 0 saturated heterocycles. The molecule has 0 radical (unpaired) electrons. The van der Waals surface area contributed by atoms with Crippen molar-refractivity contribution in [3.8, 4) is 0 Å². The highest BCUT2D eigenvalue weighted by Crippen LogP contribution is 2.26. The summed E-state index contributed by atoms with van der Waals surface area (Å²) in [4.78, 5) is 12.1. The zero-order valence-electron chi connectivity index (χ0n) is 10.4. The van der Waals surface area contributed by atoms with Crippen LogP contribution in [0.25, 0.3) is 0 Å². The number of hydrogen-bond acceptors (Lipinski definition) is 1. The highest BCUT2D eigenvalue weighted by molar-refractivity contribution is 6.43. The van der Waals surface area contributed by atoms with Gasteiger partial charge in [-0.05, 0) is 30.5 Å². The van der Waals surface area contributed by atoms with Gasteiger partial charge in [-0.1, -0.05) is 59.6 Å². The summed E-state index contributed by atoms with van der Waals surface area (Å²) < 4.78 is 0. The third kappa shape index (κ3) is 3.82. The van der Waals surface area contributed by atoms with Crippen LogP contribution in [0.4, 0.5) is 0 Å². The molecule has 0 aliphatic carbocycles. The van der Waals surface area contributed by atoms with Crippen molar-refractivity contribution >= 4 is 29.0 Å². The summed E-state index contributed by atoms with van der Waals surface area (Å²) in [5.41, 5.74) is 1.76. The Kier molecular flexibility index (Phi) is 5.00. The molecule has 0 saturated carbocycles. The Bertz CT molecular complexity index is 564. The lowest BCUT2D eigenvalue weighted by molar-refractivity contribution is 0.0980. The third-order valence-corrected chi connectivity index (χ3v) is 3.78. The number of carbonyl (C=O) groups is 1. The van der Waals surface area contributed by atoms with Crippen molar-refractivity contribution in [2.24, 2.45) is 0 Å². The van der Waals surface area contributed by atoms with Crippen LogP contribution < -0.4 is 0 Å². The molecule has 19 heavy (non-hydrogen) atoms. The Hall–Kier alpha value is -1.31. The first-order valence-corrected chi connectivity index (χ1v) is 6.95. The lowest BCUT2D eigenvalue weighted by atomic mass is 10.0. The highest BCUT2D eigenvalue weighted by atomic mass is 35.5. The second-order valence-electron chi connectivity index (χ2n) is 4.36. The van der Waals surface area contributed by atoms with Gasteiger partial charge in [0.25, 0.3) is 0 Å². The summed E-state index contributed by atoms with van der Waals surface area (Å²) in [5, 5.41) is 0.782. The van der Waals surface area contributed by atoms with Gasteiger partial charge in [0.2, 0.25) is 0 Å². The SMILES string of the molecule is O=C(CCCc1ccccc1)c1cccc(Cl)c1Cl. The zero-order valence-corrected chi connectivity index (χ0v) is 11.9. The maximum Gasteiger partial charge on any atom is 0.164 e. The average Bonchev–Trinajstić information content (AvgIpc) is 2.43.